The van der Waals surface area contributed by atoms with Gasteiger partial charge in [0.05, 0.1) is 0 Å². The van der Waals surface area contributed by atoms with Crippen molar-refractivity contribution in [2.45, 2.75) is 18.9 Å². The molecule has 0 spiro atoms. The first kappa shape index (κ1) is 13.9. The molecule has 0 radical (unpaired) electrons. The fourth-order valence-corrected chi connectivity index (χ4v) is 1.95. The molecule has 1 aromatic carbocycles. The van der Waals surface area contributed by atoms with E-state index in [-0.39, 0.29) is 12.0 Å². The maximum absolute atomic E-state index is 10.6. The Morgan fingerprint density at radius 2 is 1.94 bits per heavy atom. The largest absolute Gasteiger partial charge is 0.481 e. The van der Waals surface area contributed by atoms with Crippen LogP contribution in [0.4, 0.5) is 0 Å². The number of hydrogen-bond acceptors (Lipinski definition) is 3. The summed E-state index contributed by atoms with van der Waals surface area (Å²) in [4.78, 5) is 21.1. The SMILES string of the molecule is O=C(O)CCc1cc(C(O)C(=O)O)ccc1I. The molecule has 0 saturated heterocycles. The van der Waals surface area contributed by atoms with Gasteiger partial charge < -0.3 is 15.3 Å². The zero-order chi connectivity index (χ0) is 13.0. The van der Waals surface area contributed by atoms with Crippen LogP contribution in [0.1, 0.15) is 23.7 Å². The van der Waals surface area contributed by atoms with Gasteiger partial charge in [-0.25, -0.2) is 4.79 Å². The van der Waals surface area contributed by atoms with Crippen molar-refractivity contribution in [1.29, 1.82) is 0 Å². The predicted molar refractivity (Wildman–Crippen MR) is 67.7 cm³/mol. The highest BCUT2D eigenvalue weighted by atomic mass is 127. The van der Waals surface area contributed by atoms with Gasteiger partial charge in [-0.2, -0.15) is 0 Å². The second-order valence-electron chi connectivity index (χ2n) is 3.49. The van der Waals surface area contributed by atoms with Crippen molar-refractivity contribution in [3.05, 3.63) is 32.9 Å². The topological polar surface area (TPSA) is 94.8 Å². The molecule has 92 valence electrons. The van der Waals surface area contributed by atoms with E-state index >= 15 is 0 Å². The third kappa shape index (κ3) is 3.97. The van der Waals surface area contributed by atoms with Crippen LogP contribution in [0.25, 0.3) is 0 Å². The van der Waals surface area contributed by atoms with Crippen molar-refractivity contribution in [2.24, 2.45) is 0 Å². The summed E-state index contributed by atoms with van der Waals surface area (Å²) < 4.78 is 0.852. The van der Waals surface area contributed by atoms with Crippen LogP contribution in [0.5, 0.6) is 0 Å². The molecular formula is C11H11IO5. The van der Waals surface area contributed by atoms with Gasteiger partial charge in [-0.05, 0) is 46.2 Å². The van der Waals surface area contributed by atoms with E-state index in [1.807, 2.05) is 22.6 Å². The summed E-state index contributed by atoms with van der Waals surface area (Å²) >= 11 is 2.04. The molecule has 0 amide bonds. The Bertz CT molecular complexity index is 443. The molecule has 0 aliphatic heterocycles. The lowest BCUT2D eigenvalue weighted by atomic mass is 10.0. The number of aliphatic hydroxyl groups is 1. The van der Waals surface area contributed by atoms with Crippen molar-refractivity contribution in [3.8, 4) is 0 Å². The number of rotatable bonds is 5. The van der Waals surface area contributed by atoms with E-state index in [4.69, 9.17) is 10.2 Å². The van der Waals surface area contributed by atoms with Crippen molar-refractivity contribution in [3.63, 3.8) is 0 Å². The van der Waals surface area contributed by atoms with Gasteiger partial charge in [0.25, 0.3) is 0 Å². The molecule has 0 aromatic heterocycles. The Hall–Kier alpha value is -1.15. The second-order valence-corrected chi connectivity index (χ2v) is 4.65. The molecule has 0 aliphatic rings. The first-order chi connectivity index (χ1) is 7.91. The molecule has 3 N–H and O–H groups in total. The number of hydrogen-bond donors (Lipinski definition) is 3. The fourth-order valence-electron chi connectivity index (χ4n) is 1.34. The van der Waals surface area contributed by atoms with Crippen LogP contribution in [0.2, 0.25) is 0 Å². The van der Waals surface area contributed by atoms with E-state index in [1.54, 1.807) is 6.07 Å². The van der Waals surface area contributed by atoms with E-state index in [1.165, 1.54) is 12.1 Å². The number of carbonyl (C=O) groups is 2. The van der Waals surface area contributed by atoms with Gasteiger partial charge in [-0.3, -0.25) is 4.79 Å². The van der Waals surface area contributed by atoms with E-state index in [9.17, 15) is 14.7 Å². The van der Waals surface area contributed by atoms with Crippen molar-refractivity contribution >= 4 is 34.5 Å². The van der Waals surface area contributed by atoms with Gasteiger partial charge in [-0.1, -0.05) is 12.1 Å². The molecule has 1 rings (SSSR count). The first-order valence-corrected chi connectivity index (χ1v) is 5.90. The number of aryl methyl sites for hydroxylation is 1. The molecule has 17 heavy (non-hydrogen) atoms. The van der Waals surface area contributed by atoms with Crippen LogP contribution in [-0.4, -0.2) is 27.3 Å². The van der Waals surface area contributed by atoms with Crippen LogP contribution in [-0.2, 0) is 16.0 Å². The zero-order valence-corrected chi connectivity index (χ0v) is 10.9. The molecule has 0 saturated carbocycles. The number of halogens is 1. The minimum atomic E-state index is -1.57. The summed E-state index contributed by atoms with van der Waals surface area (Å²) in [5, 5.41) is 26.6. The highest BCUT2D eigenvalue weighted by Gasteiger charge is 2.17. The number of benzene rings is 1. The molecule has 1 atom stereocenters. The van der Waals surface area contributed by atoms with Crippen LogP contribution in [0, 0.1) is 3.57 Å². The Morgan fingerprint density at radius 1 is 1.29 bits per heavy atom. The van der Waals surface area contributed by atoms with Crippen molar-refractivity contribution in [2.75, 3.05) is 0 Å². The minimum absolute atomic E-state index is 0.0252. The highest BCUT2D eigenvalue weighted by Crippen LogP contribution is 2.20. The summed E-state index contributed by atoms with van der Waals surface area (Å²) in [5.41, 5.74) is 0.990. The summed E-state index contributed by atoms with van der Waals surface area (Å²) in [5.74, 6) is -2.24. The summed E-state index contributed by atoms with van der Waals surface area (Å²) in [6.07, 6.45) is -1.29. The minimum Gasteiger partial charge on any atom is -0.481 e. The molecule has 0 bridgehead atoms. The van der Waals surface area contributed by atoms with E-state index in [0.29, 0.717) is 6.42 Å². The van der Waals surface area contributed by atoms with Gasteiger partial charge in [-0.15, -0.1) is 0 Å². The quantitative estimate of drug-likeness (QED) is 0.699. The van der Waals surface area contributed by atoms with Gasteiger partial charge in [0.2, 0.25) is 0 Å². The number of carboxylic acids is 2. The van der Waals surface area contributed by atoms with Crippen LogP contribution >= 0.6 is 22.6 Å². The second kappa shape index (κ2) is 5.97. The number of aliphatic carboxylic acids is 2. The lowest BCUT2D eigenvalue weighted by molar-refractivity contribution is -0.147. The summed E-state index contributed by atoms with van der Waals surface area (Å²) in [6.45, 7) is 0. The molecule has 0 aliphatic carbocycles. The molecule has 5 nitrogen and oxygen atoms in total. The highest BCUT2D eigenvalue weighted by molar-refractivity contribution is 14.1. The van der Waals surface area contributed by atoms with Gasteiger partial charge in [0, 0.05) is 9.99 Å². The molecule has 1 aromatic rings. The van der Waals surface area contributed by atoms with Gasteiger partial charge >= 0.3 is 11.9 Å². The monoisotopic (exact) mass is 350 g/mol. The smallest absolute Gasteiger partial charge is 0.337 e. The fraction of sp³-hybridized carbons (Fsp3) is 0.273. The Labute approximate surface area is 111 Å². The van der Waals surface area contributed by atoms with Crippen LogP contribution in [0.15, 0.2) is 18.2 Å². The average molecular weight is 350 g/mol. The molecule has 0 heterocycles. The lowest BCUT2D eigenvalue weighted by Crippen LogP contribution is -2.11. The van der Waals surface area contributed by atoms with Gasteiger partial charge in [0.1, 0.15) is 0 Å². The number of aliphatic hydroxyl groups excluding tert-OH is 1. The number of carboxylic acid groups (broad SMARTS) is 2. The molecule has 6 heteroatoms. The Morgan fingerprint density at radius 3 is 2.47 bits per heavy atom. The van der Waals surface area contributed by atoms with Crippen molar-refractivity contribution < 1.29 is 24.9 Å². The van der Waals surface area contributed by atoms with Crippen molar-refractivity contribution in [1.82, 2.24) is 0 Å². The Kier molecular flexibility index (Phi) is 4.88. The van der Waals surface area contributed by atoms with Gasteiger partial charge in [0.15, 0.2) is 6.10 Å². The summed E-state index contributed by atoms with van der Waals surface area (Å²) in [6, 6.07) is 4.72. The van der Waals surface area contributed by atoms with Crippen LogP contribution in [0.3, 0.4) is 0 Å². The average Bonchev–Trinajstić information content (AvgIpc) is 2.26. The lowest BCUT2D eigenvalue weighted by Gasteiger charge is -2.09. The maximum Gasteiger partial charge on any atom is 0.337 e. The molecular weight excluding hydrogens is 339 g/mol. The molecule has 1 unspecified atom stereocenters. The standard InChI is InChI=1S/C11H11IO5/c12-8-3-1-7(10(15)11(16)17)5-6(8)2-4-9(13)14/h1,3,5,10,15H,2,4H2,(H,13,14)(H,16,17). The third-order valence-electron chi connectivity index (χ3n) is 2.23. The molecule has 0 fully saturated rings. The normalized spacial score (nSPS) is 12.1. The predicted octanol–water partition coefficient (Wildman–Crippen LogP) is 1.43. The van der Waals surface area contributed by atoms with E-state index < -0.39 is 18.0 Å². The van der Waals surface area contributed by atoms with E-state index in [0.717, 1.165) is 9.13 Å². The first-order valence-electron chi connectivity index (χ1n) is 4.83. The van der Waals surface area contributed by atoms with Crippen LogP contribution < -0.4 is 0 Å². The Balaban J connectivity index is 2.93. The van der Waals surface area contributed by atoms with E-state index in [2.05, 4.69) is 0 Å². The maximum atomic E-state index is 10.6. The third-order valence-corrected chi connectivity index (χ3v) is 3.28. The summed E-state index contributed by atoms with van der Waals surface area (Å²) in [7, 11) is 0. The zero-order valence-electron chi connectivity index (χ0n) is 8.76.